The van der Waals surface area contributed by atoms with Gasteiger partial charge in [0.05, 0.1) is 0 Å². The van der Waals surface area contributed by atoms with Crippen LogP contribution in [-0.2, 0) is 17.6 Å². The molecule has 0 fully saturated rings. The van der Waals surface area contributed by atoms with Crippen LogP contribution < -0.4 is 0 Å². The van der Waals surface area contributed by atoms with Gasteiger partial charge in [-0.2, -0.15) is 79.6 Å². The Hall–Kier alpha value is -1.32. The summed E-state index contributed by atoms with van der Waals surface area (Å²) in [7, 11) is 14.0. The fraction of sp³-hybridized carbons (Fsp3) is 0.167. The fourth-order valence-electron chi connectivity index (χ4n) is 1.90. The van der Waals surface area contributed by atoms with E-state index in [-0.39, 0.29) is 0 Å². The van der Waals surface area contributed by atoms with Crippen molar-refractivity contribution in [2.45, 2.75) is 13.0 Å². The Bertz CT molecular complexity index is 654. The van der Waals surface area contributed by atoms with E-state index in [1.54, 1.807) is 0 Å². The number of hydrogen-bond donors (Lipinski definition) is 0. The first-order valence-corrected chi connectivity index (χ1v) is 16.7. The molecule has 0 aliphatic carbocycles. The van der Waals surface area contributed by atoms with Crippen LogP contribution in [0.1, 0.15) is 29.7 Å². The number of hydrogen-bond acceptors (Lipinski definition) is 1. The third kappa shape index (κ3) is 14.7. The first kappa shape index (κ1) is 26.7. The summed E-state index contributed by atoms with van der Waals surface area (Å²) in [5.74, 6) is 0. The number of benzene rings is 3. The Morgan fingerprint density at radius 3 is 1.43 bits per heavy atom. The van der Waals surface area contributed by atoms with Gasteiger partial charge in [-0.3, -0.25) is 0 Å². The first-order valence-electron chi connectivity index (χ1n) is 8.71. The molecule has 1 nitrogen and oxygen atoms in total. The summed E-state index contributed by atoms with van der Waals surface area (Å²) in [6, 6.07) is 31.5. The topological polar surface area (TPSA) is 3.24 Å². The van der Waals surface area contributed by atoms with Crippen LogP contribution in [0.4, 0.5) is 0 Å². The monoisotopic (exact) mass is 581 g/mol. The van der Waals surface area contributed by atoms with Gasteiger partial charge in [-0.1, -0.05) is 12.1 Å². The molecule has 151 valence electrons. The van der Waals surface area contributed by atoms with Gasteiger partial charge < -0.3 is 4.90 Å². The van der Waals surface area contributed by atoms with E-state index in [2.05, 4.69) is 51.9 Å². The van der Waals surface area contributed by atoms with Crippen molar-refractivity contribution in [3.63, 3.8) is 0 Å². The molecule has 0 bridgehead atoms. The first-order chi connectivity index (χ1) is 13.4. The van der Waals surface area contributed by atoms with Crippen LogP contribution in [0.15, 0.2) is 84.9 Å². The maximum atomic E-state index is 4.94. The van der Waals surface area contributed by atoms with E-state index >= 15 is 0 Å². The molecule has 3 aromatic carbocycles. The summed E-state index contributed by atoms with van der Waals surface area (Å²) in [6.45, 7) is 9.61. The van der Waals surface area contributed by atoms with Gasteiger partial charge in [0.15, 0.2) is 0 Å². The third-order valence-corrected chi connectivity index (χ3v) is 3.64. The van der Waals surface area contributed by atoms with E-state index in [0.717, 1.165) is 11.1 Å². The van der Waals surface area contributed by atoms with Crippen LogP contribution in [0.2, 0.25) is 0 Å². The summed E-state index contributed by atoms with van der Waals surface area (Å²) in [5, 5.41) is 0. The van der Waals surface area contributed by atoms with Crippen molar-refractivity contribution >= 4 is 18.4 Å². The summed E-state index contributed by atoms with van der Waals surface area (Å²) in [5.41, 5.74) is 3.39. The molecule has 1 unspecified atom stereocenters. The van der Waals surface area contributed by atoms with Crippen LogP contribution in [-0.4, -0.2) is 19.0 Å². The van der Waals surface area contributed by atoms with Crippen LogP contribution in [0, 0.1) is 19.9 Å². The Balaban J connectivity index is 0.000000376. The number of halogens is 2. The average molecular weight is 582 g/mol. The van der Waals surface area contributed by atoms with Gasteiger partial charge in [-0.15, -0.1) is 29.8 Å². The molecule has 0 amide bonds. The molecule has 0 radical (unpaired) electrons. The molecule has 0 N–H and O–H groups in total. The van der Waals surface area contributed by atoms with E-state index in [4.69, 9.17) is 18.4 Å². The molecule has 0 saturated carbocycles. The molecule has 28 heavy (non-hydrogen) atoms. The van der Waals surface area contributed by atoms with Gasteiger partial charge in [-0.25, -0.2) is 0 Å². The van der Waals surface area contributed by atoms with Crippen molar-refractivity contribution in [3.8, 4) is 0 Å². The molecular weight excluding hydrogens is 554 g/mol. The van der Waals surface area contributed by atoms with E-state index in [1.165, 1.54) is 5.56 Å². The average Bonchev–Trinajstić information content (AvgIpc) is 2.71. The Labute approximate surface area is 188 Å². The van der Waals surface area contributed by atoms with Crippen LogP contribution >= 0.6 is 18.4 Å². The summed E-state index contributed by atoms with van der Waals surface area (Å²) in [6.07, 6.45) is 0. The molecule has 1 atom stereocenters. The minimum absolute atomic E-state index is 0.455. The third-order valence-electron chi connectivity index (χ3n) is 3.64. The number of rotatable bonds is 2. The normalized spacial score (nSPS) is 10.1. The van der Waals surface area contributed by atoms with Crippen molar-refractivity contribution < 1.29 is 17.6 Å². The summed E-state index contributed by atoms with van der Waals surface area (Å²) < 4.78 is 0. The zero-order valence-corrected chi connectivity index (χ0v) is 21.5. The summed E-state index contributed by atoms with van der Waals surface area (Å²) >= 11 is -0.889. The quantitative estimate of drug-likeness (QED) is 0.289. The van der Waals surface area contributed by atoms with Gasteiger partial charge in [0, 0.05) is 6.04 Å². The van der Waals surface area contributed by atoms with Crippen molar-refractivity contribution in [2.75, 3.05) is 14.1 Å². The van der Waals surface area contributed by atoms with E-state index in [9.17, 15) is 0 Å². The van der Waals surface area contributed by atoms with Gasteiger partial charge in [0.1, 0.15) is 0 Å². The van der Waals surface area contributed by atoms with Crippen molar-refractivity contribution in [3.05, 3.63) is 122 Å². The molecule has 0 aliphatic rings. The van der Waals surface area contributed by atoms with Crippen LogP contribution in [0.5, 0.6) is 0 Å². The predicted molar refractivity (Wildman–Crippen MR) is 121 cm³/mol. The molecule has 0 saturated heterocycles. The Kier molecular flexibility index (Phi) is 16.9. The zero-order valence-electron chi connectivity index (χ0n) is 16.7. The van der Waals surface area contributed by atoms with Gasteiger partial charge in [0.2, 0.25) is 0 Å². The Morgan fingerprint density at radius 2 is 1.18 bits per heavy atom. The standard InChI is InChI=1S/C10H14N.2C7H7.2ClH.Ta/c1-9(11(2)3)10-7-5-4-6-8-10;2*1-7-5-3-2-4-6-7;;;/h4-7,9H,1-3H3;2*2-6H,1H2;2*1H;/q3*-1;;;+2/p-2. The fourth-order valence-corrected chi connectivity index (χ4v) is 1.90. The molecular formula is C24H28Cl2NTa-3. The molecule has 3 rings (SSSR count). The van der Waals surface area contributed by atoms with E-state index in [0.29, 0.717) is 6.04 Å². The van der Waals surface area contributed by atoms with Gasteiger partial charge >= 0.3 is 36.0 Å². The molecule has 4 heteroatoms. The van der Waals surface area contributed by atoms with E-state index in [1.807, 2.05) is 78.9 Å². The molecule has 0 aromatic heterocycles. The van der Waals surface area contributed by atoms with Gasteiger partial charge in [-0.05, 0) is 21.0 Å². The number of nitrogens with zero attached hydrogens (tertiary/aromatic N) is 1. The van der Waals surface area contributed by atoms with Crippen molar-refractivity contribution in [2.24, 2.45) is 0 Å². The molecule has 0 aliphatic heterocycles. The predicted octanol–water partition coefficient (Wildman–Crippen LogP) is 7.22. The van der Waals surface area contributed by atoms with Crippen LogP contribution in [0.3, 0.4) is 0 Å². The minimum atomic E-state index is -0.889. The van der Waals surface area contributed by atoms with Crippen molar-refractivity contribution in [1.82, 2.24) is 4.90 Å². The van der Waals surface area contributed by atoms with Crippen LogP contribution in [0.25, 0.3) is 0 Å². The second kappa shape index (κ2) is 17.8. The van der Waals surface area contributed by atoms with Gasteiger partial charge in [0.25, 0.3) is 0 Å². The summed E-state index contributed by atoms with van der Waals surface area (Å²) in [4.78, 5) is 2.17. The molecule has 0 spiro atoms. The SMILES string of the molecule is CC(c1[c-]cccc1)N(C)C.[CH2-]c1ccccc1.[CH2-]c1ccccc1.[Cl][Ta][Cl]. The zero-order chi connectivity index (χ0) is 21.2. The Morgan fingerprint density at radius 1 is 0.786 bits per heavy atom. The van der Waals surface area contributed by atoms with Crippen molar-refractivity contribution in [1.29, 1.82) is 0 Å². The molecule has 0 heterocycles. The molecule has 3 aromatic rings. The maximum absolute atomic E-state index is 4.94. The van der Waals surface area contributed by atoms with E-state index < -0.39 is 17.6 Å². The second-order valence-electron chi connectivity index (χ2n) is 5.99. The second-order valence-corrected chi connectivity index (χ2v) is 10.6.